The van der Waals surface area contributed by atoms with E-state index in [1.807, 2.05) is 31.2 Å². The lowest BCUT2D eigenvalue weighted by atomic mass is 10.0. The first kappa shape index (κ1) is 20.2. The van der Waals surface area contributed by atoms with Gasteiger partial charge in [0.2, 0.25) is 0 Å². The van der Waals surface area contributed by atoms with Gasteiger partial charge in [-0.1, -0.05) is 48.3 Å². The molecule has 0 amide bonds. The number of nitrogens with zero attached hydrogens (tertiary/aromatic N) is 3. The Morgan fingerprint density at radius 2 is 2.03 bits per heavy atom. The molecular weight excluding hydrogens is 404 g/mol. The third kappa shape index (κ3) is 4.41. The van der Waals surface area contributed by atoms with Gasteiger partial charge in [0.1, 0.15) is 5.52 Å². The van der Waals surface area contributed by atoms with Crippen LogP contribution >= 0.6 is 11.6 Å². The number of unbranched alkanes of at least 4 members (excludes halogenated alkanes) is 1. The fraction of sp³-hybridized carbons (Fsp3) is 0.318. The van der Waals surface area contributed by atoms with Crippen molar-refractivity contribution in [2.24, 2.45) is 0 Å². The second kappa shape index (κ2) is 8.75. The van der Waals surface area contributed by atoms with Crippen LogP contribution in [0.3, 0.4) is 0 Å². The molecule has 0 saturated heterocycles. The number of halogens is 1. The van der Waals surface area contributed by atoms with Crippen molar-refractivity contribution in [3.63, 3.8) is 0 Å². The van der Waals surface area contributed by atoms with Crippen molar-refractivity contribution in [2.45, 2.75) is 33.1 Å². The molecule has 2 heterocycles. The number of aryl methyl sites for hydroxylation is 1. The summed E-state index contributed by atoms with van der Waals surface area (Å²) in [6.07, 6.45) is 2.98. The quantitative estimate of drug-likeness (QED) is 0.427. The van der Waals surface area contributed by atoms with Crippen molar-refractivity contribution in [3.8, 4) is 11.4 Å². The average Bonchev–Trinajstić information content (AvgIpc) is 3.34. The Kier molecular flexibility index (Phi) is 5.90. The number of aromatic nitrogens is 3. The highest BCUT2D eigenvalue weighted by molar-refractivity contribution is 6.31. The predicted octanol–water partition coefficient (Wildman–Crippen LogP) is 4.98. The summed E-state index contributed by atoms with van der Waals surface area (Å²) in [5, 5.41) is 4.40. The number of hydrogen-bond donors (Lipinski definition) is 1. The summed E-state index contributed by atoms with van der Waals surface area (Å²) in [4.78, 5) is 20.6. The van der Waals surface area contributed by atoms with Gasteiger partial charge in [-0.3, -0.25) is 9.51 Å². The van der Waals surface area contributed by atoms with E-state index >= 15 is 0 Å². The molecule has 8 heteroatoms. The van der Waals surface area contributed by atoms with Gasteiger partial charge in [-0.25, -0.2) is 4.79 Å². The van der Waals surface area contributed by atoms with Crippen LogP contribution in [0.5, 0.6) is 0 Å². The first-order chi connectivity index (χ1) is 14.5. The smallest absolute Gasteiger partial charge is 0.423 e. The fourth-order valence-electron chi connectivity index (χ4n) is 3.43. The second-order valence-corrected chi connectivity index (χ2v) is 7.73. The Labute approximate surface area is 178 Å². The van der Waals surface area contributed by atoms with Crippen molar-refractivity contribution in [1.29, 1.82) is 0 Å². The average molecular weight is 427 g/mol. The Balaban J connectivity index is 1.52. The Morgan fingerprint density at radius 1 is 1.17 bits per heavy atom. The minimum atomic E-state index is -0.556. The van der Waals surface area contributed by atoms with E-state index in [-0.39, 0.29) is 0 Å². The van der Waals surface area contributed by atoms with Crippen LogP contribution in [0.4, 0.5) is 6.01 Å². The fourth-order valence-corrected chi connectivity index (χ4v) is 3.59. The van der Waals surface area contributed by atoms with Gasteiger partial charge < -0.3 is 9.32 Å². The predicted molar refractivity (Wildman–Crippen MR) is 117 cm³/mol. The standard InChI is InChI=1S/C22H23ClN4O3/c1-3-4-10-27(21-24-18-8-6-16(23)13-19(18)29-21)11-9-15-5-7-17(14(2)12-15)20-25-22(28)30-26-20/h5-8,12-13H,3-4,9-11H2,1-2H3,(H,25,26,28). The molecular formula is C22H23ClN4O3. The zero-order valence-corrected chi connectivity index (χ0v) is 17.7. The van der Waals surface area contributed by atoms with Crippen LogP contribution in [0.1, 0.15) is 30.9 Å². The summed E-state index contributed by atoms with van der Waals surface area (Å²) in [6, 6.07) is 12.2. The van der Waals surface area contributed by atoms with E-state index in [4.69, 9.17) is 16.0 Å². The van der Waals surface area contributed by atoms with Crippen molar-refractivity contribution >= 4 is 28.7 Å². The summed E-state index contributed by atoms with van der Waals surface area (Å²) >= 11 is 6.07. The van der Waals surface area contributed by atoms with Gasteiger partial charge in [0.25, 0.3) is 6.01 Å². The van der Waals surface area contributed by atoms with E-state index in [9.17, 15) is 4.79 Å². The first-order valence-electron chi connectivity index (χ1n) is 10.0. The van der Waals surface area contributed by atoms with E-state index in [2.05, 4.69) is 37.5 Å². The van der Waals surface area contributed by atoms with Crippen molar-refractivity contribution in [2.75, 3.05) is 18.0 Å². The molecule has 0 spiro atoms. The topological polar surface area (TPSA) is 88.2 Å². The lowest BCUT2D eigenvalue weighted by Gasteiger charge is -2.20. The van der Waals surface area contributed by atoms with Gasteiger partial charge in [-0.05, 0) is 43.0 Å². The molecule has 0 aliphatic rings. The molecule has 4 aromatic rings. The van der Waals surface area contributed by atoms with Crippen LogP contribution < -0.4 is 10.7 Å². The summed E-state index contributed by atoms with van der Waals surface area (Å²) in [6.45, 7) is 5.81. The number of nitrogens with one attached hydrogen (secondary N) is 1. The van der Waals surface area contributed by atoms with Crippen molar-refractivity contribution in [3.05, 3.63) is 63.1 Å². The lowest BCUT2D eigenvalue weighted by molar-refractivity contribution is 0.388. The van der Waals surface area contributed by atoms with Gasteiger partial charge in [-0.2, -0.15) is 4.98 Å². The van der Waals surface area contributed by atoms with Crippen LogP contribution in [0, 0.1) is 6.92 Å². The van der Waals surface area contributed by atoms with E-state index in [0.29, 0.717) is 22.4 Å². The number of rotatable bonds is 8. The van der Waals surface area contributed by atoms with Gasteiger partial charge in [0.05, 0.1) is 0 Å². The monoisotopic (exact) mass is 426 g/mol. The zero-order chi connectivity index (χ0) is 21.1. The molecule has 2 aromatic heterocycles. The SMILES string of the molecule is CCCCN(CCc1ccc(-c2noc(=O)[nH]2)c(C)c1)c1nc2ccc(Cl)cc2o1. The number of hydrogen-bond acceptors (Lipinski definition) is 6. The number of fused-ring (bicyclic) bond motifs is 1. The highest BCUT2D eigenvalue weighted by Crippen LogP contribution is 2.26. The van der Waals surface area contributed by atoms with Gasteiger partial charge in [-0.15, -0.1) is 0 Å². The molecule has 1 N–H and O–H groups in total. The van der Waals surface area contributed by atoms with Crippen LogP contribution in [-0.2, 0) is 6.42 Å². The van der Waals surface area contributed by atoms with Crippen molar-refractivity contribution < 1.29 is 8.94 Å². The summed E-state index contributed by atoms with van der Waals surface area (Å²) in [5.74, 6) is -0.113. The summed E-state index contributed by atoms with van der Waals surface area (Å²) < 4.78 is 10.6. The number of benzene rings is 2. The third-order valence-corrected chi connectivity index (χ3v) is 5.28. The summed E-state index contributed by atoms with van der Waals surface area (Å²) in [5.41, 5.74) is 4.55. The minimum Gasteiger partial charge on any atom is -0.423 e. The number of H-pyrrole nitrogens is 1. The molecule has 0 unspecified atom stereocenters. The van der Waals surface area contributed by atoms with Crippen LogP contribution in [0.25, 0.3) is 22.5 Å². The van der Waals surface area contributed by atoms with E-state index in [1.54, 1.807) is 6.07 Å². The highest BCUT2D eigenvalue weighted by Gasteiger charge is 2.15. The van der Waals surface area contributed by atoms with E-state index < -0.39 is 5.76 Å². The Hall–Kier alpha value is -3.06. The molecule has 156 valence electrons. The molecule has 4 rings (SSSR count). The molecule has 2 aromatic carbocycles. The minimum absolute atomic E-state index is 0.443. The number of oxazole rings is 1. The van der Waals surface area contributed by atoms with Crippen LogP contribution in [0.15, 0.2) is 50.1 Å². The largest absolute Gasteiger partial charge is 0.439 e. The zero-order valence-electron chi connectivity index (χ0n) is 16.9. The maximum Gasteiger partial charge on any atom is 0.439 e. The van der Waals surface area contributed by atoms with Crippen molar-refractivity contribution in [1.82, 2.24) is 15.1 Å². The molecule has 0 saturated carbocycles. The second-order valence-electron chi connectivity index (χ2n) is 7.29. The molecule has 30 heavy (non-hydrogen) atoms. The van der Waals surface area contributed by atoms with Gasteiger partial charge in [0, 0.05) is 29.7 Å². The lowest BCUT2D eigenvalue weighted by Crippen LogP contribution is -2.27. The first-order valence-corrected chi connectivity index (χ1v) is 10.4. The Bertz CT molecular complexity index is 1210. The molecule has 0 atom stereocenters. The normalized spacial score (nSPS) is 11.3. The van der Waals surface area contributed by atoms with Crippen LogP contribution in [-0.4, -0.2) is 28.2 Å². The molecule has 0 radical (unpaired) electrons. The maximum absolute atomic E-state index is 11.2. The number of anilines is 1. The molecule has 0 fully saturated rings. The number of aromatic amines is 1. The van der Waals surface area contributed by atoms with Gasteiger partial charge in [0.15, 0.2) is 11.4 Å². The van der Waals surface area contributed by atoms with Gasteiger partial charge >= 0.3 is 5.76 Å². The highest BCUT2D eigenvalue weighted by atomic mass is 35.5. The maximum atomic E-state index is 11.2. The summed E-state index contributed by atoms with van der Waals surface area (Å²) in [7, 11) is 0. The third-order valence-electron chi connectivity index (χ3n) is 5.05. The van der Waals surface area contributed by atoms with Crippen LogP contribution in [0.2, 0.25) is 5.02 Å². The molecule has 0 aliphatic heterocycles. The molecule has 0 bridgehead atoms. The van der Waals surface area contributed by atoms with E-state index in [0.717, 1.165) is 49.0 Å². The Morgan fingerprint density at radius 3 is 2.77 bits per heavy atom. The van der Waals surface area contributed by atoms with E-state index in [1.165, 1.54) is 5.56 Å². The molecule has 7 nitrogen and oxygen atoms in total. The molecule has 0 aliphatic carbocycles.